The largest absolute Gasteiger partial charge is 0.351 e. The molecule has 1 aliphatic carbocycles. The van der Waals surface area contributed by atoms with Crippen molar-refractivity contribution in [3.05, 3.63) is 21.9 Å². The third-order valence-corrected chi connectivity index (χ3v) is 4.85. The summed E-state index contributed by atoms with van der Waals surface area (Å²) in [6.07, 6.45) is 5.62. The van der Waals surface area contributed by atoms with Gasteiger partial charge in [0.25, 0.3) is 0 Å². The Labute approximate surface area is 124 Å². The molecule has 0 radical (unpaired) electrons. The SMILES string of the molecule is CC1(C(=O)NCc2cc(C#CCN)cs2)CCCCC1. The van der Waals surface area contributed by atoms with Crippen LogP contribution in [0.2, 0.25) is 0 Å². The molecule has 20 heavy (non-hydrogen) atoms. The molecule has 108 valence electrons. The predicted octanol–water partition coefficient (Wildman–Crippen LogP) is 2.64. The predicted molar refractivity (Wildman–Crippen MR) is 83.3 cm³/mol. The molecule has 0 saturated heterocycles. The fourth-order valence-electron chi connectivity index (χ4n) is 2.63. The van der Waals surface area contributed by atoms with E-state index in [0.717, 1.165) is 23.3 Å². The van der Waals surface area contributed by atoms with Crippen LogP contribution in [0.4, 0.5) is 0 Å². The maximum atomic E-state index is 12.3. The zero-order valence-electron chi connectivity index (χ0n) is 12.0. The molecule has 0 atom stereocenters. The molecule has 1 aromatic heterocycles. The van der Waals surface area contributed by atoms with Crippen LogP contribution in [-0.2, 0) is 11.3 Å². The highest BCUT2D eigenvalue weighted by Crippen LogP contribution is 2.35. The van der Waals surface area contributed by atoms with E-state index >= 15 is 0 Å². The number of carbonyl (C=O) groups is 1. The van der Waals surface area contributed by atoms with Gasteiger partial charge in [0.15, 0.2) is 0 Å². The van der Waals surface area contributed by atoms with Gasteiger partial charge in [0, 0.05) is 21.2 Å². The zero-order chi connectivity index (χ0) is 14.4. The number of carbonyl (C=O) groups excluding carboxylic acids is 1. The molecule has 0 aliphatic heterocycles. The van der Waals surface area contributed by atoms with Crippen molar-refractivity contribution in [3.8, 4) is 11.8 Å². The van der Waals surface area contributed by atoms with Crippen LogP contribution in [0.3, 0.4) is 0 Å². The second-order valence-electron chi connectivity index (χ2n) is 5.61. The van der Waals surface area contributed by atoms with Crippen LogP contribution in [0.15, 0.2) is 11.4 Å². The van der Waals surface area contributed by atoms with Gasteiger partial charge in [-0.1, -0.05) is 38.0 Å². The van der Waals surface area contributed by atoms with Crippen molar-refractivity contribution in [2.75, 3.05) is 6.54 Å². The number of amides is 1. The fourth-order valence-corrected chi connectivity index (χ4v) is 3.39. The molecule has 1 aromatic rings. The summed E-state index contributed by atoms with van der Waals surface area (Å²) >= 11 is 1.63. The summed E-state index contributed by atoms with van der Waals surface area (Å²) in [5.74, 6) is 6.04. The van der Waals surface area contributed by atoms with Crippen molar-refractivity contribution in [1.29, 1.82) is 0 Å². The number of nitrogens with two attached hydrogens (primary N) is 1. The third kappa shape index (κ3) is 3.84. The lowest BCUT2D eigenvalue weighted by Gasteiger charge is -2.31. The number of hydrogen-bond acceptors (Lipinski definition) is 3. The van der Waals surface area contributed by atoms with Gasteiger partial charge in [-0.05, 0) is 18.9 Å². The molecule has 1 aliphatic rings. The molecule has 0 bridgehead atoms. The number of hydrogen-bond donors (Lipinski definition) is 2. The number of thiophene rings is 1. The van der Waals surface area contributed by atoms with Crippen molar-refractivity contribution in [1.82, 2.24) is 5.32 Å². The normalized spacial score (nSPS) is 17.1. The van der Waals surface area contributed by atoms with Gasteiger partial charge in [0.2, 0.25) is 5.91 Å². The van der Waals surface area contributed by atoms with Crippen LogP contribution in [0, 0.1) is 17.3 Å². The lowest BCUT2D eigenvalue weighted by molar-refractivity contribution is -0.132. The Hall–Kier alpha value is -1.31. The van der Waals surface area contributed by atoms with Gasteiger partial charge in [-0.3, -0.25) is 4.79 Å². The molecule has 1 fully saturated rings. The minimum atomic E-state index is -0.169. The Bertz CT molecular complexity index is 518. The topological polar surface area (TPSA) is 55.1 Å². The molecule has 1 saturated carbocycles. The Balaban J connectivity index is 1.88. The van der Waals surface area contributed by atoms with Gasteiger partial charge >= 0.3 is 0 Å². The van der Waals surface area contributed by atoms with E-state index in [9.17, 15) is 4.79 Å². The van der Waals surface area contributed by atoms with Crippen LogP contribution < -0.4 is 11.1 Å². The summed E-state index contributed by atoms with van der Waals surface area (Å²) in [6.45, 7) is 3.07. The number of nitrogens with one attached hydrogen (secondary N) is 1. The molecule has 3 nitrogen and oxygen atoms in total. The second kappa shape index (κ2) is 6.92. The summed E-state index contributed by atoms with van der Waals surface area (Å²) in [7, 11) is 0. The van der Waals surface area contributed by atoms with Gasteiger partial charge in [0.1, 0.15) is 0 Å². The van der Waals surface area contributed by atoms with Crippen molar-refractivity contribution in [2.45, 2.75) is 45.6 Å². The molecular weight excluding hydrogens is 268 g/mol. The molecule has 2 rings (SSSR count). The van der Waals surface area contributed by atoms with Crippen molar-refractivity contribution < 1.29 is 4.79 Å². The summed E-state index contributed by atoms with van der Waals surface area (Å²) in [4.78, 5) is 13.5. The molecule has 0 unspecified atom stereocenters. The first-order chi connectivity index (χ1) is 9.64. The van der Waals surface area contributed by atoms with E-state index < -0.39 is 0 Å². The van der Waals surface area contributed by atoms with E-state index in [1.807, 2.05) is 11.4 Å². The smallest absolute Gasteiger partial charge is 0.226 e. The van der Waals surface area contributed by atoms with E-state index in [2.05, 4.69) is 24.1 Å². The molecule has 4 heteroatoms. The van der Waals surface area contributed by atoms with E-state index in [1.54, 1.807) is 11.3 Å². The fraction of sp³-hybridized carbons (Fsp3) is 0.562. The molecule has 0 aromatic carbocycles. The lowest BCUT2D eigenvalue weighted by atomic mass is 9.75. The third-order valence-electron chi connectivity index (χ3n) is 3.92. The minimum Gasteiger partial charge on any atom is -0.351 e. The highest BCUT2D eigenvalue weighted by molar-refractivity contribution is 7.10. The first-order valence-electron chi connectivity index (χ1n) is 7.19. The van der Waals surface area contributed by atoms with E-state index in [-0.39, 0.29) is 11.3 Å². The molecule has 1 amide bonds. The van der Waals surface area contributed by atoms with Crippen LogP contribution in [0.25, 0.3) is 0 Å². The molecule has 3 N–H and O–H groups in total. The lowest BCUT2D eigenvalue weighted by Crippen LogP contribution is -2.39. The number of rotatable bonds is 3. The van der Waals surface area contributed by atoms with E-state index in [1.165, 1.54) is 19.3 Å². The maximum absolute atomic E-state index is 12.3. The van der Waals surface area contributed by atoms with Crippen molar-refractivity contribution >= 4 is 17.2 Å². The molecule has 0 spiro atoms. The van der Waals surface area contributed by atoms with Gasteiger partial charge in [-0.15, -0.1) is 11.3 Å². The summed E-state index contributed by atoms with van der Waals surface area (Å²) in [5, 5.41) is 5.08. The first kappa shape index (κ1) is 15.1. The summed E-state index contributed by atoms with van der Waals surface area (Å²) in [5.41, 5.74) is 6.16. The first-order valence-corrected chi connectivity index (χ1v) is 8.07. The molecule has 1 heterocycles. The van der Waals surface area contributed by atoms with Crippen LogP contribution in [0.5, 0.6) is 0 Å². The van der Waals surface area contributed by atoms with Gasteiger partial charge in [0.05, 0.1) is 13.1 Å². The van der Waals surface area contributed by atoms with E-state index in [0.29, 0.717) is 13.1 Å². The van der Waals surface area contributed by atoms with Gasteiger partial charge in [-0.2, -0.15) is 0 Å². The summed E-state index contributed by atoms with van der Waals surface area (Å²) < 4.78 is 0. The Morgan fingerprint density at radius 1 is 1.45 bits per heavy atom. The van der Waals surface area contributed by atoms with Crippen LogP contribution >= 0.6 is 11.3 Å². The van der Waals surface area contributed by atoms with Gasteiger partial charge in [-0.25, -0.2) is 0 Å². The summed E-state index contributed by atoms with van der Waals surface area (Å²) in [6, 6.07) is 2.02. The van der Waals surface area contributed by atoms with Crippen molar-refractivity contribution in [2.24, 2.45) is 11.1 Å². The average Bonchev–Trinajstić information content (AvgIpc) is 2.91. The Kier molecular flexibility index (Phi) is 5.22. The van der Waals surface area contributed by atoms with Crippen LogP contribution in [-0.4, -0.2) is 12.5 Å². The van der Waals surface area contributed by atoms with E-state index in [4.69, 9.17) is 5.73 Å². The quantitative estimate of drug-likeness (QED) is 0.841. The zero-order valence-corrected chi connectivity index (χ0v) is 12.8. The standard InChI is InChI=1S/C16H22N2OS/c1-16(7-3-2-4-8-16)15(19)18-11-14-10-13(12-20-14)6-5-9-17/h10,12H,2-4,7-9,11,17H2,1H3,(H,18,19). The monoisotopic (exact) mass is 290 g/mol. The Morgan fingerprint density at radius 3 is 2.90 bits per heavy atom. The highest BCUT2D eigenvalue weighted by Gasteiger charge is 2.34. The second-order valence-corrected chi connectivity index (χ2v) is 6.61. The average molecular weight is 290 g/mol. The minimum absolute atomic E-state index is 0.169. The highest BCUT2D eigenvalue weighted by atomic mass is 32.1. The maximum Gasteiger partial charge on any atom is 0.226 e. The Morgan fingerprint density at radius 2 is 2.20 bits per heavy atom. The van der Waals surface area contributed by atoms with Gasteiger partial charge < -0.3 is 11.1 Å². The van der Waals surface area contributed by atoms with Crippen molar-refractivity contribution in [3.63, 3.8) is 0 Å². The molecular formula is C16H22N2OS. The van der Waals surface area contributed by atoms with Crippen LogP contribution in [0.1, 0.15) is 49.5 Å².